The van der Waals surface area contributed by atoms with E-state index in [0.29, 0.717) is 5.69 Å². The standard InChI is InChI=1S/C16H14N2O4/c1-20-13-7-3-11(4-8-13)15-16(19)22-17-18(15)12-5-9-14(21-2)10-6-12/h3-10H,1-2H3/p+1. The van der Waals surface area contributed by atoms with Crippen LogP contribution in [0.2, 0.25) is 0 Å². The highest BCUT2D eigenvalue weighted by Crippen LogP contribution is 2.19. The lowest BCUT2D eigenvalue weighted by Gasteiger charge is -2.00. The van der Waals surface area contributed by atoms with E-state index in [4.69, 9.17) is 14.0 Å². The zero-order valence-electron chi connectivity index (χ0n) is 12.2. The number of nitrogens with one attached hydrogen (secondary N) is 1. The van der Waals surface area contributed by atoms with Crippen molar-refractivity contribution in [1.82, 2.24) is 5.27 Å². The molecule has 1 aromatic heterocycles. The maximum absolute atomic E-state index is 12.0. The summed E-state index contributed by atoms with van der Waals surface area (Å²) in [4.78, 5) is 12.0. The summed E-state index contributed by atoms with van der Waals surface area (Å²) in [6.45, 7) is 0. The lowest BCUT2D eigenvalue weighted by atomic mass is 10.1. The van der Waals surface area contributed by atoms with Gasteiger partial charge in [0.1, 0.15) is 11.5 Å². The third-order valence-electron chi connectivity index (χ3n) is 3.34. The molecule has 0 aliphatic carbocycles. The highest BCUT2D eigenvalue weighted by atomic mass is 16.5. The molecule has 0 spiro atoms. The molecule has 22 heavy (non-hydrogen) atoms. The molecular weight excluding hydrogens is 284 g/mol. The van der Waals surface area contributed by atoms with Gasteiger partial charge in [0.15, 0.2) is 0 Å². The van der Waals surface area contributed by atoms with Gasteiger partial charge in [0.2, 0.25) is 5.69 Å². The molecule has 3 rings (SSSR count). The largest absolute Gasteiger partial charge is 0.497 e. The van der Waals surface area contributed by atoms with Crippen molar-refractivity contribution in [3.05, 3.63) is 59.0 Å². The zero-order valence-corrected chi connectivity index (χ0v) is 12.2. The average molecular weight is 299 g/mol. The molecule has 6 nitrogen and oxygen atoms in total. The Morgan fingerprint density at radius 1 is 0.909 bits per heavy atom. The van der Waals surface area contributed by atoms with E-state index in [1.807, 2.05) is 24.3 Å². The number of aromatic nitrogens is 2. The molecule has 0 bridgehead atoms. The van der Waals surface area contributed by atoms with Crippen molar-refractivity contribution in [2.45, 2.75) is 0 Å². The Bertz CT molecular complexity index is 817. The number of nitrogens with zero attached hydrogens (tertiary/aromatic N) is 1. The topological polar surface area (TPSA) is 68.3 Å². The maximum Gasteiger partial charge on any atom is 0.435 e. The van der Waals surface area contributed by atoms with Gasteiger partial charge in [0.05, 0.1) is 19.8 Å². The predicted molar refractivity (Wildman–Crippen MR) is 79.4 cm³/mol. The molecule has 1 heterocycles. The van der Waals surface area contributed by atoms with Gasteiger partial charge < -0.3 is 9.47 Å². The number of rotatable bonds is 4. The van der Waals surface area contributed by atoms with Gasteiger partial charge in [-0.15, -0.1) is 0 Å². The Hall–Kier alpha value is -3.02. The van der Waals surface area contributed by atoms with Crippen LogP contribution in [0.15, 0.2) is 57.8 Å². The first kappa shape index (κ1) is 13.9. The number of hydrogen-bond acceptors (Lipinski definition) is 4. The zero-order chi connectivity index (χ0) is 15.5. The van der Waals surface area contributed by atoms with Crippen molar-refractivity contribution in [3.63, 3.8) is 0 Å². The summed E-state index contributed by atoms with van der Waals surface area (Å²) in [6, 6.07) is 14.5. The first-order chi connectivity index (χ1) is 10.7. The van der Waals surface area contributed by atoms with Crippen molar-refractivity contribution in [2.75, 3.05) is 14.2 Å². The minimum atomic E-state index is -0.444. The molecular formula is C16H15N2O4+. The van der Waals surface area contributed by atoms with E-state index in [1.54, 1.807) is 43.2 Å². The molecule has 3 aromatic rings. The Morgan fingerprint density at radius 2 is 1.45 bits per heavy atom. The van der Waals surface area contributed by atoms with Crippen LogP contribution in [-0.2, 0) is 0 Å². The van der Waals surface area contributed by atoms with E-state index in [1.165, 1.54) is 0 Å². The third-order valence-corrected chi connectivity index (χ3v) is 3.34. The first-order valence-corrected chi connectivity index (χ1v) is 6.65. The van der Waals surface area contributed by atoms with Gasteiger partial charge in [-0.2, -0.15) is 0 Å². The lowest BCUT2D eigenvalue weighted by molar-refractivity contribution is -0.660. The molecule has 0 unspecified atom stereocenters. The first-order valence-electron chi connectivity index (χ1n) is 6.65. The van der Waals surface area contributed by atoms with Crippen LogP contribution in [0.4, 0.5) is 0 Å². The summed E-state index contributed by atoms with van der Waals surface area (Å²) in [7, 11) is 3.20. The fourth-order valence-corrected chi connectivity index (χ4v) is 2.18. The van der Waals surface area contributed by atoms with E-state index < -0.39 is 5.63 Å². The van der Waals surface area contributed by atoms with Crippen LogP contribution in [0.1, 0.15) is 0 Å². The van der Waals surface area contributed by atoms with E-state index in [-0.39, 0.29) is 0 Å². The summed E-state index contributed by atoms with van der Waals surface area (Å²) < 4.78 is 16.8. The average Bonchev–Trinajstić information content (AvgIpc) is 2.96. The molecule has 0 saturated carbocycles. The second-order valence-corrected chi connectivity index (χ2v) is 4.59. The number of H-pyrrole nitrogens is 1. The van der Waals surface area contributed by atoms with Crippen LogP contribution in [0, 0.1) is 0 Å². The Balaban J connectivity index is 2.08. The monoisotopic (exact) mass is 299 g/mol. The van der Waals surface area contributed by atoms with E-state index >= 15 is 0 Å². The van der Waals surface area contributed by atoms with Crippen LogP contribution >= 0.6 is 0 Å². The van der Waals surface area contributed by atoms with E-state index in [2.05, 4.69) is 5.27 Å². The molecule has 6 heteroatoms. The van der Waals surface area contributed by atoms with Crippen molar-refractivity contribution in [3.8, 4) is 28.4 Å². The quantitative estimate of drug-likeness (QED) is 0.747. The van der Waals surface area contributed by atoms with Gasteiger partial charge in [0, 0.05) is 12.1 Å². The van der Waals surface area contributed by atoms with Gasteiger partial charge in [-0.3, -0.25) is 4.52 Å². The number of ether oxygens (including phenoxy) is 2. The Morgan fingerprint density at radius 3 is 2.00 bits per heavy atom. The smallest absolute Gasteiger partial charge is 0.435 e. The second kappa shape index (κ2) is 5.77. The van der Waals surface area contributed by atoms with Gasteiger partial charge in [-0.1, -0.05) is 0 Å². The molecule has 0 amide bonds. The van der Waals surface area contributed by atoms with Crippen LogP contribution < -0.4 is 19.8 Å². The van der Waals surface area contributed by atoms with Crippen molar-refractivity contribution in [1.29, 1.82) is 0 Å². The number of benzene rings is 2. The molecule has 0 saturated heterocycles. The summed E-state index contributed by atoms with van der Waals surface area (Å²) in [5, 5.41) is 2.61. The van der Waals surface area contributed by atoms with Crippen molar-refractivity contribution in [2.24, 2.45) is 0 Å². The number of methoxy groups -OCH3 is 2. The molecule has 1 N–H and O–H groups in total. The van der Waals surface area contributed by atoms with Gasteiger partial charge >= 0.3 is 11.3 Å². The van der Waals surface area contributed by atoms with Gasteiger partial charge in [0.25, 0.3) is 0 Å². The normalized spacial score (nSPS) is 10.5. The van der Waals surface area contributed by atoms with Crippen LogP contribution in [-0.4, -0.2) is 19.5 Å². The maximum atomic E-state index is 12.0. The molecule has 112 valence electrons. The van der Waals surface area contributed by atoms with E-state index in [0.717, 1.165) is 22.7 Å². The summed E-state index contributed by atoms with van der Waals surface area (Å²) in [5.74, 6) is 1.46. The molecule has 0 aliphatic rings. The minimum absolute atomic E-state index is 0.410. The van der Waals surface area contributed by atoms with Crippen molar-refractivity contribution >= 4 is 0 Å². The van der Waals surface area contributed by atoms with Crippen LogP contribution in [0.25, 0.3) is 16.9 Å². The molecule has 0 aliphatic heterocycles. The fourth-order valence-electron chi connectivity index (χ4n) is 2.18. The number of hydrogen-bond donors (Lipinski definition) is 1. The Labute approximate surface area is 126 Å². The second-order valence-electron chi connectivity index (χ2n) is 4.59. The minimum Gasteiger partial charge on any atom is -0.497 e. The highest BCUT2D eigenvalue weighted by Gasteiger charge is 2.25. The van der Waals surface area contributed by atoms with Gasteiger partial charge in [-0.05, 0) is 46.4 Å². The van der Waals surface area contributed by atoms with Gasteiger partial charge in [-0.25, -0.2) is 4.79 Å². The SMILES string of the molecule is COc1ccc(-c2c(=O)o[nH][n+]2-c2ccc(OC)cc2)cc1. The van der Waals surface area contributed by atoms with Crippen LogP contribution in [0.5, 0.6) is 11.5 Å². The molecule has 0 fully saturated rings. The molecule has 0 radical (unpaired) electrons. The summed E-state index contributed by atoms with van der Waals surface area (Å²) in [6.07, 6.45) is 0. The predicted octanol–water partition coefficient (Wildman–Crippen LogP) is 1.93. The summed E-state index contributed by atoms with van der Waals surface area (Å²) >= 11 is 0. The molecule has 0 atom stereocenters. The fraction of sp³-hybridized carbons (Fsp3) is 0.125. The Kier molecular flexibility index (Phi) is 3.65. The molecule has 2 aromatic carbocycles. The third kappa shape index (κ3) is 2.46. The highest BCUT2D eigenvalue weighted by molar-refractivity contribution is 5.56. The van der Waals surface area contributed by atoms with Crippen molar-refractivity contribution < 1.29 is 18.7 Å². The van der Waals surface area contributed by atoms with Crippen LogP contribution in [0.3, 0.4) is 0 Å². The lowest BCUT2D eigenvalue weighted by Crippen LogP contribution is -2.36. The van der Waals surface area contributed by atoms with E-state index in [9.17, 15) is 4.79 Å². The number of aromatic amines is 1. The summed E-state index contributed by atoms with van der Waals surface area (Å²) in [5.41, 5.74) is 1.46.